The number of nitrogens with zero attached hydrogens (tertiary/aromatic N) is 4. The number of carbonyl (C=O) groups excluding carboxylic acids is 2. The number of aromatic hydroxyl groups is 2. The van der Waals surface area contributed by atoms with E-state index in [1.165, 1.54) is 35.0 Å². The molecule has 10 N–H and O–H groups in total. The Labute approximate surface area is 282 Å². The van der Waals surface area contributed by atoms with Crippen molar-refractivity contribution in [2.75, 3.05) is 23.0 Å². The molecular weight excluding hydrogens is 689 g/mol. The van der Waals surface area contributed by atoms with E-state index in [9.17, 15) is 39.6 Å². The second kappa shape index (κ2) is 13.0. The number of hydrogen-bond donors (Lipinski definition) is 8. The van der Waals surface area contributed by atoms with Gasteiger partial charge in [-0.3, -0.25) is 14.5 Å². The number of oxime groups is 1. The minimum Gasteiger partial charge on any atom is -0.504 e. The highest BCUT2D eigenvalue weighted by Gasteiger charge is 2.54. The lowest BCUT2D eigenvalue weighted by Crippen LogP contribution is -2.71. The minimum atomic E-state index is -1.82. The summed E-state index contributed by atoms with van der Waals surface area (Å²) >= 11 is 3.44. The van der Waals surface area contributed by atoms with E-state index in [1.54, 1.807) is 0 Å². The number of amides is 2. The Morgan fingerprint density at radius 2 is 1.96 bits per heavy atom. The molecule has 1 saturated heterocycles. The summed E-state index contributed by atoms with van der Waals surface area (Å²) in [6.07, 6.45) is -1.82. The number of anilines is 2. The molecule has 0 radical (unpaired) electrons. The predicted octanol–water partition coefficient (Wildman–Crippen LogP) is 1.62. The third-order valence-corrected chi connectivity index (χ3v) is 10.2. The van der Waals surface area contributed by atoms with Crippen molar-refractivity contribution >= 4 is 75.3 Å². The molecule has 3 aliphatic heterocycles. The number of carbonyl (C=O) groups is 4. The van der Waals surface area contributed by atoms with Gasteiger partial charge in [0.15, 0.2) is 27.5 Å². The van der Waals surface area contributed by atoms with Gasteiger partial charge < -0.3 is 47.0 Å². The molecular formula is C28H24N8O9S3. The number of phenolic OH excluding ortho intramolecular Hbond substituents is 2. The molecule has 20 heteroatoms. The molecule has 48 heavy (non-hydrogen) atoms. The number of hydrogen-bond acceptors (Lipinski definition) is 15. The Bertz CT molecular complexity index is 1990. The molecule has 2 amide bonds. The number of aliphatic carboxylic acids is 2. The fourth-order valence-corrected chi connectivity index (χ4v) is 7.87. The van der Waals surface area contributed by atoms with E-state index in [0.29, 0.717) is 16.5 Å². The Morgan fingerprint density at radius 1 is 1.17 bits per heavy atom. The molecule has 17 nitrogen and oxygen atoms in total. The maximum absolute atomic E-state index is 13.5. The number of rotatable bonds is 11. The third-order valence-electron chi connectivity index (χ3n) is 7.23. The molecule has 1 aromatic carbocycles. The zero-order valence-corrected chi connectivity index (χ0v) is 26.6. The molecule has 2 aromatic rings. The Hall–Kier alpha value is -5.47. The highest BCUT2D eigenvalue weighted by Crippen LogP contribution is 2.42. The lowest BCUT2D eigenvalue weighted by molar-refractivity contribution is -0.151. The first-order valence-electron chi connectivity index (χ1n) is 13.7. The van der Waals surface area contributed by atoms with Gasteiger partial charge in [-0.05, 0) is 29.8 Å². The van der Waals surface area contributed by atoms with Crippen LogP contribution < -0.4 is 16.8 Å². The molecule has 3 atom stereocenters. The molecule has 1 aromatic heterocycles. The van der Waals surface area contributed by atoms with Crippen LogP contribution in [-0.2, 0) is 24.0 Å². The fraction of sp³-hybridized carbons (Fsp3) is 0.179. The highest BCUT2D eigenvalue weighted by molar-refractivity contribution is 8.01. The minimum absolute atomic E-state index is 0.0595. The molecule has 6 rings (SSSR count). The number of phenols is 2. The number of nitrogen functional groups attached to an aromatic ring is 2. The largest absolute Gasteiger partial charge is 0.504 e. The van der Waals surface area contributed by atoms with Crippen LogP contribution in [0.15, 0.2) is 63.4 Å². The van der Waals surface area contributed by atoms with Crippen LogP contribution in [0.1, 0.15) is 17.4 Å². The number of fused-ring (bicyclic) bond motifs is 2. The number of aromatic nitrogens is 3. The van der Waals surface area contributed by atoms with Gasteiger partial charge in [0.25, 0.3) is 11.8 Å². The van der Waals surface area contributed by atoms with Crippen molar-refractivity contribution in [1.29, 1.82) is 0 Å². The number of H-pyrrole nitrogens is 1. The molecule has 4 heterocycles. The van der Waals surface area contributed by atoms with Gasteiger partial charge in [-0.2, -0.15) is 0 Å². The van der Waals surface area contributed by atoms with Crippen molar-refractivity contribution < 1.29 is 44.4 Å². The summed E-state index contributed by atoms with van der Waals surface area (Å²) in [5.41, 5.74) is 12.9. The van der Waals surface area contributed by atoms with Gasteiger partial charge in [0.1, 0.15) is 28.6 Å². The van der Waals surface area contributed by atoms with Gasteiger partial charge in [0.05, 0.1) is 5.69 Å². The van der Waals surface area contributed by atoms with Crippen LogP contribution in [0, 0.1) is 0 Å². The topological polar surface area (TPSA) is 280 Å². The van der Waals surface area contributed by atoms with Crippen LogP contribution in [-0.4, -0.2) is 92.7 Å². The van der Waals surface area contributed by atoms with Crippen molar-refractivity contribution in [1.82, 2.24) is 25.2 Å². The average molecular weight is 713 g/mol. The van der Waals surface area contributed by atoms with Crippen molar-refractivity contribution in [2.45, 2.75) is 22.7 Å². The molecule has 4 aliphatic rings. The van der Waals surface area contributed by atoms with Gasteiger partial charge in [0.2, 0.25) is 6.10 Å². The Balaban J connectivity index is 1.20. The summed E-state index contributed by atoms with van der Waals surface area (Å²) in [5, 5.41) is 46.6. The van der Waals surface area contributed by atoms with Gasteiger partial charge in [-0.15, -0.1) is 23.1 Å². The van der Waals surface area contributed by atoms with Crippen LogP contribution >= 0.6 is 34.9 Å². The number of aromatic amines is 1. The van der Waals surface area contributed by atoms with Crippen LogP contribution in [0.5, 0.6) is 11.5 Å². The maximum atomic E-state index is 13.5. The van der Waals surface area contributed by atoms with E-state index in [2.05, 4.69) is 25.4 Å². The van der Waals surface area contributed by atoms with Crippen LogP contribution in [0.25, 0.3) is 11.3 Å². The molecule has 0 saturated carbocycles. The van der Waals surface area contributed by atoms with Crippen LogP contribution in [0.2, 0.25) is 0 Å². The monoisotopic (exact) mass is 712 g/mol. The lowest BCUT2D eigenvalue weighted by atomic mass is 10.0. The van der Waals surface area contributed by atoms with Crippen molar-refractivity contribution in [2.24, 2.45) is 5.16 Å². The standard InChI is InChI=1S/C28H24N8O9S3/c29-21-12-2-1-3-13(12)32-28(34-21)48-8-11-7-46-24-18(23(40)36(24)19(11)25(41)42)33-22(39)17(14-9-47-27(30)31-14)35-45-20(26(43)44)10-4-5-15(37)16(38)6-10/h1-6,9,18,20,24,37-38H,7-8,29H2,(H2,30,31)(H,32,34)(H,33,39)(H,41,42)(H,43,44)/b35-17-/t18?,20-,24+/m1/s1. The summed E-state index contributed by atoms with van der Waals surface area (Å²) in [6, 6.07) is 7.51. The van der Waals surface area contributed by atoms with E-state index < -0.39 is 58.5 Å². The molecule has 0 bridgehead atoms. The summed E-state index contributed by atoms with van der Waals surface area (Å²) in [4.78, 5) is 68.9. The summed E-state index contributed by atoms with van der Waals surface area (Å²) in [6.45, 7) is 0. The molecule has 1 aliphatic carbocycles. The lowest BCUT2D eigenvalue weighted by Gasteiger charge is -2.49. The number of β-lactam (4-membered cyclic amide) rings is 1. The third kappa shape index (κ3) is 6.14. The van der Waals surface area contributed by atoms with E-state index in [0.717, 1.165) is 39.6 Å². The zero-order chi connectivity index (χ0) is 34.3. The second-order valence-corrected chi connectivity index (χ2v) is 13.2. The molecule has 1 fully saturated rings. The van der Waals surface area contributed by atoms with E-state index in [4.69, 9.17) is 16.3 Å². The first-order valence-corrected chi connectivity index (χ1v) is 16.6. The summed E-state index contributed by atoms with van der Waals surface area (Å²) < 4.78 is 0. The van der Waals surface area contributed by atoms with Gasteiger partial charge >= 0.3 is 11.9 Å². The first-order chi connectivity index (χ1) is 22.9. The fourth-order valence-electron chi connectivity index (χ4n) is 4.95. The van der Waals surface area contributed by atoms with Crippen molar-refractivity contribution in [3.63, 3.8) is 0 Å². The quantitative estimate of drug-likeness (QED) is 0.0274. The number of benzene rings is 1. The van der Waals surface area contributed by atoms with E-state index >= 15 is 0 Å². The molecule has 0 spiro atoms. The Morgan fingerprint density at radius 3 is 2.65 bits per heavy atom. The van der Waals surface area contributed by atoms with Crippen molar-refractivity contribution in [3.05, 3.63) is 64.3 Å². The summed E-state index contributed by atoms with van der Waals surface area (Å²) in [5.74, 6) is -4.85. The average Bonchev–Trinajstić information content (AvgIpc) is 3.70. The number of carboxylic acids is 2. The second-order valence-electron chi connectivity index (χ2n) is 10.3. The number of nitrogens with two attached hydrogens (primary N) is 2. The predicted molar refractivity (Wildman–Crippen MR) is 174 cm³/mol. The smallest absolute Gasteiger partial charge is 0.352 e. The van der Waals surface area contributed by atoms with E-state index in [-0.39, 0.29) is 33.6 Å². The first kappa shape index (κ1) is 32.5. The van der Waals surface area contributed by atoms with Crippen LogP contribution in [0.4, 0.5) is 10.9 Å². The van der Waals surface area contributed by atoms with Gasteiger partial charge in [0, 0.05) is 28.0 Å². The normalized spacial score (nSPS) is 18.3. The van der Waals surface area contributed by atoms with Crippen LogP contribution in [0.3, 0.4) is 0 Å². The molecule has 1 unspecified atom stereocenters. The van der Waals surface area contributed by atoms with Gasteiger partial charge in [-0.25, -0.2) is 19.6 Å². The highest BCUT2D eigenvalue weighted by atomic mass is 32.2. The van der Waals surface area contributed by atoms with Crippen molar-refractivity contribution in [3.8, 4) is 22.8 Å². The summed E-state index contributed by atoms with van der Waals surface area (Å²) in [7, 11) is 0. The number of thiazole rings is 1. The number of thioether (sulfide) groups is 2. The number of carboxylic acid groups (broad SMARTS) is 2. The van der Waals surface area contributed by atoms with E-state index in [1.807, 2.05) is 18.2 Å². The molecule has 248 valence electrons. The van der Waals surface area contributed by atoms with Gasteiger partial charge in [-0.1, -0.05) is 29.1 Å². The zero-order valence-electron chi connectivity index (χ0n) is 24.2. The SMILES string of the molecule is Nc1nc(/C(=N/O[C@@H](C(=O)O)c2ccc(O)c(O)c2)C(=O)NC2C(=O)N3C(C(=O)O)=C(CSc4nc(N)c5cccc-5[nH]4)CS[C@@H]23)cs1. The maximum Gasteiger partial charge on any atom is 0.352 e. The number of nitrogens with one attached hydrogen (secondary N) is 2. The Kier molecular flexibility index (Phi) is 8.77.